The maximum Gasteiger partial charge on any atom is 0.225 e. The molecule has 0 bridgehead atoms. The van der Waals surface area contributed by atoms with E-state index in [0.29, 0.717) is 6.54 Å². The van der Waals surface area contributed by atoms with Gasteiger partial charge in [-0.15, -0.1) is 0 Å². The molecule has 0 saturated carbocycles. The molecule has 0 amide bonds. The summed E-state index contributed by atoms with van der Waals surface area (Å²) in [5.74, 6) is 0.827. The molecule has 0 spiro atoms. The molecule has 2 heterocycles. The maximum absolute atomic E-state index is 5.62. The number of piperazine rings is 1. The van der Waals surface area contributed by atoms with E-state index < -0.39 is 0 Å². The summed E-state index contributed by atoms with van der Waals surface area (Å²) in [6.07, 6.45) is 0. The zero-order chi connectivity index (χ0) is 11.5. The average molecular weight is 221 g/mol. The van der Waals surface area contributed by atoms with E-state index in [1.807, 2.05) is 13.0 Å². The highest BCUT2D eigenvalue weighted by Crippen LogP contribution is 2.12. The standard InChI is InChI=1S/C11H19N5/c1-9-7-10(8-12)14-11(13-9)16-5-3-15(2)4-6-16/h7H,3-6,8,12H2,1-2H3. The molecule has 0 radical (unpaired) electrons. The van der Waals surface area contributed by atoms with Crippen LogP contribution < -0.4 is 10.6 Å². The fourth-order valence-corrected chi connectivity index (χ4v) is 1.87. The summed E-state index contributed by atoms with van der Waals surface area (Å²) in [5.41, 5.74) is 7.53. The predicted molar refractivity (Wildman–Crippen MR) is 64.4 cm³/mol. The smallest absolute Gasteiger partial charge is 0.225 e. The summed E-state index contributed by atoms with van der Waals surface area (Å²) in [6.45, 7) is 6.57. The third-order valence-electron chi connectivity index (χ3n) is 2.89. The van der Waals surface area contributed by atoms with Crippen molar-refractivity contribution >= 4 is 5.95 Å². The van der Waals surface area contributed by atoms with Crippen molar-refractivity contribution in [2.45, 2.75) is 13.5 Å². The lowest BCUT2D eigenvalue weighted by atomic mass is 10.3. The second-order valence-electron chi connectivity index (χ2n) is 4.30. The van der Waals surface area contributed by atoms with Crippen LogP contribution in [-0.4, -0.2) is 48.1 Å². The minimum Gasteiger partial charge on any atom is -0.338 e. The van der Waals surface area contributed by atoms with Crippen LogP contribution in [0.15, 0.2) is 6.07 Å². The first kappa shape index (κ1) is 11.3. The van der Waals surface area contributed by atoms with Gasteiger partial charge in [-0.1, -0.05) is 0 Å². The Morgan fingerprint density at radius 2 is 1.94 bits per heavy atom. The van der Waals surface area contributed by atoms with Crippen LogP contribution in [0.4, 0.5) is 5.95 Å². The van der Waals surface area contributed by atoms with Gasteiger partial charge in [0, 0.05) is 38.4 Å². The number of likely N-dealkylation sites (N-methyl/N-ethyl adjacent to an activating group) is 1. The molecule has 5 nitrogen and oxygen atoms in total. The first-order valence-electron chi connectivity index (χ1n) is 5.67. The molecule has 1 saturated heterocycles. The van der Waals surface area contributed by atoms with Crippen molar-refractivity contribution in [2.24, 2.45) is 5.73 Å². The first-order valence-corrected chi connectivity index (χ1v) is 5.67. The van der Waals surface area contributed by atoms with Gasteiger partial charge < -0.3 is 15.5 Å². The van der Waals surface area contributed by atoms with Crippen molar-refractivity contribution in [2.75, 3.05) is 38.1 Å². The van der Waals surface area contributed by atoms with E-state index >= 15 is 0 Å². The largest absolute Gasteiger partial charge is 0.338 e. The van der Waals surface area contributed by atoms with Crippen LogP contribution >= 0.6 is 0 Å². The summed E-state index contributed by atoms with van der Waals surface area (Å²) in [7, 11) is 2.14. The van der Waals surface area contributed by atoms with Crippen LogP contribution in [0.2, 0.25) is 0 Å². The number of rotatable bonds is 2. The lowest BCUT2D eigenvalue weighted by Crippen LogP contribution is -2.45. The van der Waals surface area contributed by atoms with Gasteiger partial charge in [-0.3, -0.25) is 0 Å². The number of anilines is 1. The topological polar surface area (TPSA) is 58.3 Å². The summed E-state index contributed by atoms with van der Waals surface area (Å²) in [6, 6.07) is 1.94. The third kappa shape index (κ3) is 2.48. The Morgan fingerprint density at radius 1 is 1.25 bits per heavy atom. The Morgan fingerprint density at radius 3 is 2.56 bits per heavy atom. The molecule has 1 aromatic rings. The SMILES string of the molecule is Cc1cc(CN)nc(N2CCN(C)CC2)n1. The van der Waals surface area contributed by atoms with Crippen LogP contribution in [0.1, 0.15) is 11.4 Å². The molecule has 2 rings (SSSR count). The molecule has 1 aliphatic rings. The van der Waals surface area contributed by atoms with Crippen LogP contribution in [0.3, 0.4) is 0 Å². The molecule has 16 heavy (non-hydrogen) atoms. The molecular formula is C11H19N5. The molecule has 1 aromatic heterocycles. The van der Waals surface area contributed by atoms with Crippen molar-refractivity contribution in [1.29, 1.82) is 0 Å². The minimum atomic E-state index is 0.476. The Bertz CT molecular complexity index is 357. The predicted octanol–water partition coefficient (Wildman–Crippen LogP) is -0.00448. The van der Waals surface area contributed by atoms with Crippen molar-refractivity contribution in [3.8, 4) is 0 Å². The Balaban J connectivity index is 2.16. The number of nitrogens with two attached hydrogens (primary N) is 1. The van der Waals surface area contributed by atoms with Gasteiger partial charge in [0.1, 0.15) is 0 Å². The van der Waals surface area contributed by atoms with Crippen LogP contribution in [0.25, 0.3) is 0 Å². The Labute approximate surface area is 96.3 Å². The van der Waals surface area contributed by atoms with E-state index in [9.17, 15) is 0 Å². The van der Waals surface area contributed by atoms with E-state index in [1.54, 1.807) is 0 Å². The van der Waals surface area contributed by atoms with Gasteiger partial charge in [0.25, 0.3) is 0 Å². The van der Waals surface area contributed by atoms with Crippen molar-refractivity contribution in [3.63, 3.8) is 0 Å². The first-order chi connectivity index (χ1) is 7.69. The molecule has 0 atom stereocenters. The summed E-state index contributed by atoms with van der Waals surface area (Å²) in [4.78, 5) is 13.5. The molecule has 5 heteroatoms. The van der Waals surface area contributed by atoms with E-state index in [0.717, 1.165) is 43.5 Å². The Kier molecular flexibility index (Phi) is 3.36. The second kappa shape index (κ2) is 4.76. The minimum absolute atomic E-state index is 0.476. The number of hydrogen-bond donors (Lipinski definition) is 1. The maximum atomic E-state index is 5.62. The summed E-state index contributed by atoms with van der Waals surface area (Å²) >= 11 is 0. The normalized spacial score (nSPS) is 17.8. The molecule has 88 valence electrons. The average Bonchev–Trinajstić information content (AvgIpc) is 2.29. The third-order valence-corrected chi connectivity index (χ3v) is 2.89. The lowest BCUT2D eigenvalue weighted by molar-refractivity contribution is 0.311. The summed E-state index contributed by atoms with van der Waals surface area (Å²) < 4.78 is 0. The van der Waals surface area contributed by atoms with E-state index in [-0.39, 0.29) is 0 Å². The van der Waals surface area contributed by atoms with Crippen LogP contribution in [0.5, 0.6) is 0 Å². The van der Waals surface area contributed by atoms with Crippen LogP contribution in [-0.2, 0) is 6.54 Å². The Hall–Kier alpha value is -1.20. The number of nitrogens with zero attached hydrogens (tertiary/aromatic N) is 4. The van der Waals surface area contributed by atoms with Gasteiger partial charge in [-0.05, 0) is 20.0 Å². The van der Waals surface area contributed by atoms with Gasteiger partial charge >= 0.3 is 0 Å². The van der Waals surface area contributed by atoms with Gasteiger partial charge in [0.15, 0.2) is 0 Å². The molecule has 2 N–H and O–H groups in total. The zero-order valence-electron chi connectivity index (χ0n) is 9.98. The molecule has 0 aliphatic carbocycles. The lowest BCUT2D eigenvalue weighted by Gasteiger charge is -2.32. The zero-order valence-corrected chi connectivity index (χ0v) is 9.98. The van der Waals surface area contributed by atoms with Gasteiger partial charge in [-0.2, -0.15) is 0 Å². The quantitative estimate of drug-likeness (QED) is 0.761. The van der Waals surface area contributed by atoms with Gasteiger partial charge in [0.05, 0.1) is 5.69 Å². The van der Waals surface area contributed by atoms with Gasteiger partial charge in [-0.25, -0.2) is 9.97 Å². The highest BCUT2D eigenvalue weighted by Gasteiger charge is 2.16. The molecule has 1 aliphatic heterocycles. The van der Waals surface area contributed by atoms with Crippen molar-refractivity contribution in [1.82, 2.24) is 14.9 Å². The number of aryl methyl sites for hydroxylation is 1. The van der Waals surface area contributed by atoms with E-state index in [1.165, 1.54) is 0 Å². The highest BCUT2D eigenvalue weighted by atomic mass is 15.3. The van der Waals surface area contributed by atoms with Crippen molar-refractivity contribution < 1.29 is 0 Å². The second-order valence-corrected chi connectivity index (χ2v) is 4.30. The molecule has 0 unspecified atom stereocenters. The molecular weight excluding hydrogens is 202 g/mol. The van der Waals surface area contributed by atoms with Crippen LogP contribution in [0, 0.1) is 6.92 Å². The highest BCUT2D eigenvalue weighted by molar-refractivity contribution is 5.33. The molecule has 0 aromatic carbocycles. The van der Waals surface area contributed by atoms with E-state index in [4.69, 9.17) is 5.73 Å². The van der Waals surface area contributed by atoms with Crippen molar-refractivity contribution in [3.05, 3.63) is 17.5 Å². The summed E-state index contributed by atoms with van der Waals surface area (Å²) in [5, 5.41) is 0. The number of hydrogen-bond acceptors (Lipinski definition) is 5. The number of aromatic nitrogens is 2. The monoisotopic (exact) mass is 221 g/mol. The molecule has 1 fully saturated rings. The fraction of sp³-hybridized carbons (Fsp3) is 0.636. The van der Waals surface area contributed by atoms with Gasteiger partial charge in [0.2, 0.25) is 5.95 Å². The fourth-order valence-electron chi connectivity index (χ4n) is 1.87. The van der Waals surface area contributed by atoms with E-state index in [2.05, 4.69) is 26.8 Å².